The lowest BCUT2D eigenvalue weighted by Gasteiger charge is -2.31. The molecule has 8 aromatic rings. The van der Waals surface area contributed by atoms with E-state index in [9.17, 15) is 0 Å². The molecule has 0 bridgehead atoms. The lowest BCUT2D eigenvalue weighted by molar-refractivity contribution is 0.795. The van der Waals surface area contributed by atoms with E-state index in [1.54, 1.807) is 0 Å². The van der Waals surface area contributed by atoms with Gasteiger partial charge in [0.2, 0.25) is 0 Å². The number of pyridine rings is 2. The summed E-state index contributed by atoms with van der Waals surface area (Å²) in [5.74, 6) is 0. The van der Waals surface area contributed by atoms with Gasteiger partial charge in [-0.3, -0.25) is 4.98 Å². The van der Waals surface area contributed by atoms with Gasteiger partial charge in [0.15, 0.2) is 0 Å². The van der Waals surface area contributed by atoms with Crippen molar-refractivity contribution >= 4 is 21.5 Å². The first kappa shape index (κ1) is 24.6. The molecule has 208 valence electrons. The van der Waals surface area contributed by atoms with Crippen molar-refractivity contribution < 1.29 is 0 Å². The summed E-state index contributed by atoms with van der Waals surface area (Å²) >= 11 is 0. The highest BCUT2D eigenvalue weighted by Gasteiger charge is 2.52. The number of aromatic nitrogens is 2. The number of hydrogen-bond donors (Lipinski definition) is 0. The van der Waals surface area contributed by atoms with Gasteiger partial charge in [-0.1, -0.05) is 121 Å². The molecule has 2 aliphatic rings. The van der Waals surface area contributed by atoms with Gasteiger partial charge >= 0.3 is 0 Å². The van der Waals surface area contributed by atoms with Crippen molar-refractivity contribution in [1.82, 2.24) is 9.97 Å². The van der Waals surface area contributed by atoms with Crippen molar-refractivity contribution in [3.05, 3.63) is 180 Å². The van der Waals surface area contributed by atoms with Gasteiger partial charge in [-0.2, -0.15) is 0 Å². The SMILES string of the molecule is c1ccc(-c2cccc(-c3cc4c(c5ccccc35)-c3c(ccc5ccccc35)C43c4ccccc4-c4ccccc43)n2)nc1. The van der Waals surface area contributed by atoms with Crippen LogP contribution in [0.2, 0.25) is 0 Å². The van der Waals surface area contributed by atoms with Crippen molar-refractivity contribution in [2.45, 2.75) is 5.41 Å². The first-order valence-corrected chi connectivity index (χ1v) is 15.5. The van der Waals surface area contributed by atoms with Gasteiger partial charge in [0.25, 0.3) is 0 Å². The molecule has 1 spiro atoms. The Labute approximate surface area is 261 Å². The van der Waals surface area contributed by atoms with Crippen LogP contribution in [0, 0.1) is 0 Å². The van der Waals surface area contributed by atoms with Crippen molar-refractivity contribution in [3.8, 4) is 44.9 Å². The molecule has 2 nitrogen and oxygen atoms in total. The van der Waals surface area contributed by atoms with Crippen LogP contribution in [0.1, 0.15) is 22.3 Å². The molecule has 2 aliphatic carbocycles. The second kappa shape index (κ2) is 9.07. The third kappa shape index (κ3) is 3.18. The van der Waals surface area contributed by atoms with Gasteiger partial charge in [-0.05, 0) is 96.4 Å². The summed E-state index contributed by atoms with van der Waals surface area (Å²) in [6.45, 7) is 0. The van der Waals surface area contributed by atoms with Crippen LogP contribution in [-0.2, 0) is 5.41 Å². The molecule has 2 aromatic heterocycles. The number of hydrogen-bond acceptors (Lipinski definition) is 2. The molecule has 0 N–H and O–H groups in total. The number of benzene rings is 6. The quantitative estimate of drug-likeness (QED) is 0.207. The molecule has 10 rings (SSSR count). The fourth-order valence-corrected chi connectivity index (χ4v) is 8.21. The molecule has 0 saturated heterocycles. The minimum absolute atomic E-state index is 0.445. The smallest absolute Gasteiger partial charge is 0.0893 e. The molecule has 0 amide bonds. The lowest BCUT2D eigenvalue weighted by Crippen LogP contribution is -2.26. The topological polar surface area (TPSA) is 25.8 Å². The Hall–Kier alpha value is -5.86. The zero-order chi connectivity index (χ0) is 29.5. The summed E-state index contributed by atoms with van der Waals surface area (Å²) in [6, 6.07) is 55.2. The summed E-state index contributed by atoms with van der Waals surface area (Å²) in [5.41, 5.74) is 14.0. The maximum Gasteiger partial charge on any atom is 0.0893 e. The Morgan fingerprint density at radius 3 is 1.78 bits per heavy atom. The van der Waals surface area contributed by atoms with E-state index < -0.39 is 5.41 Å². The van der Waals surface area contributed by atoms with E-state index >= 15 is 0 Å². The largest absolute Gasteiger partial charge is 0.255 e. The van der Waals surface area contributed by atoms with Gasteiger partial charge in [-0.15, -0.1) is 0 Å². The highest BCUT2D eigenvalue weighted by molar-refractivity contribution is 6.16. The molecule has 2 heteroatoms. The molecule has 45 heavy (non-hydrogen) atoms. The average Bonchev–Trinajstić information content (AvgIpc) is 3.59. The first-order valence-electron chi connectivity index (χ1n) is 15.5. The predicted molar refractivity (Wildman–Crippen MR) is 184 cm³/mol. The van der Waals surface area contributed by atoms with Crippen LogP contribution in [0.15, 0.2) is 158 Å². The van der Waals surface area contributed by atoms with E-state index in [0.717, 1.165) is 22.6 Å². The summed E-state index contributed by atoms with van der Waals surface area (Å²) in [4.78, 5) is 9.83. The Balaban J connectivity index is 1.39. The number of nitrogens with zero attached hydrogens (tertiary/aromatic N) is 2. The highest BCUT2D eigenvalue weighted by Crippen LogP contribution is 2.65. The zero-order valence-electron chi connectivity index (χ0n) is 24.4. The van der Waals surface area contributed by atoms with E-state index in [1.807, 2.05) is 30.5 Å². The molecule has 0 aliphatic heterocycles. The van der Waals surface area contributed by atoms with Crippen LogP contribution in [-0.4, -0.2) is 9.97 Å². The Morgan fingerprint density at radius 2 is 1.00 bits per heavy atom. The minimum Gasteiger partial charge on any atom is -0.255 e. The van der Waals surface area contributed by atoms with Gasteiger partial charge < -0.3 is 0 Å². The monoisotopic (exact) mass is 570 g/mol. The van der Waals surface area contributed by atoms with Crippen molar-refractivity contribution in [2.75, 3.05) is 0 Å². The molecular formula is C43H26N2. The van der Waals surface area contributed by atoms with E-state index in [2.05, 4.69) is 132 Å². The van der Waals surface area contributed by atoms with E-state index in [4.69, 9.17) is 4.98 Å². The van der Waals surface area contributed by atoms with Gasteiger partial charge in [-0.25, -0.2) is 4.98 Å². The van der Waals surface area contributed by atoms with Crippen LogP contribution in [0.3, 0.4) is 0 Å². The average molecular weight is 571 g/mol. The molecule has 2 heterocycles. The van der Waals surface area contributed by atoms with Gasteiger partial charge in [0, 0.05) is 11.8 Å². The molecule has 0 fully saturated rings. The zero-order valence-corrected chi connectivity index (χ0v) is 24.4. The number of rotatable bonds is 2. The summed E-state index contributed by atoms with van der Waals surface area (Å²) in [5, 5.41) is 5.02. The molecule has 0 saturated carbocycles. The minimum atomic E-state index is -0.445. The summed E-state index contributed by atoms with van der Waals surface area (Å²) in [6.07, 6.45) is 1.83. The maximum atomic E-state index is 5.23. The molecule has 0 atom stereocenters. The predicted octanol–water partition coefficient (Wildman–Crippen LogP) is 10.5. The van der Waals surface area contributed by atoms with Gasteiger partial charge in [0.05, 0.1) is 22.5 Å². The fourth-order valence-electron chi connectivity index (χ4n) is 8.21. The van der Waals surface area contributed by atoms with Crippen LogP contribution >= 0.6 is 0 Å². The third-order valence-electron chi connectivity index (χ3n) is 9.94. The molecule has 0 radical (unpaired) electrons. The number of fused-ring (bicyclic) bond motifs is 14. The highest BCUT2D eigenvalue weighted by atomic mass is 14.8. The van der Waals surface area contributed by atoms with Gasteiger partial charge in [0.1, 0.15) is 0 Å². The van der Waals surface area contributed by atoms with Crippen LogP contribution in [0.4, 0.5) is 0 Å². The van der Waals surface area contributed by atoms with Crippen LogP contribution in [0.25, 0.3) is 66.4 Å². The van der Waals surface area contributed by atoms with Crippen LogP contribution in [0.5, 0.6) is 0 Å². The fraction of sp³-hybridized carbons (Fsp3) is 0.0233. The van der Waals surface area contributed by atoms with E-state index in [1.165, 1.54) is 66.1 Å². The normalized spacial score (nSPS) is 13.5. The summed E-state index contributed by atoms with van der Waals surface area (Å²) in [7, 11) is 0. The van der Waals surface area contributed by atoms with E-state index in [-0.39, 0.29) is 0 Å². The summed E-state index contributed by atoms with van der Waals surface area (Å²) < 4.78 is 0. The third-order valence-corrected chi connectivity index (χ3v) is 9.94. The second-order valence-corrected chi connectivity index (χ2v) is 12.1. The molecule has 0 unspecified atom stereocenters. The van der Waals surface area contributed by atoms with Crippen molar-refractivity contribution in [2.24, 2.45) is 0 Å². The Morgan fingerprint density at radius 1 is 0.378 bits per heavy atom. The standard InChI is InChI=1S/C43H26N2/c1-2-13-28-27(12-1)23-24-36-41(28)42-32-17-4-3-14-29(32)33(38-21-11-22-40(45-38)39-20-9-10-25-44-39)26-37(42)43(36)34-18-7-5-15-30(34)31-16-6-8-19-35(31)43/h1-26H. The lowest BCUT2D eigenvalue weighted by atomic mass is 9.70. The van der Waals surface area contributed by atoms with E-state index in [0.29, 0.717) is 0 Å². The Kier molecular flexibility index (Phi) is 4.95. The Bertz CT molecular complexity index is 2450. The van der Waals surface area contributed by atoms with Crippen molar-refractivity contribution in [3.63, 3.8) is 0 Å². The molecule has 6 aromatic carbocycles. The maximum absolute atomic E-state index is 5.23. The first-order chi connectivity index (χ1) is 22.3. The van der Waals surface area contributed by atoms with Crippen molar-refractivity contribution in [1.29, 1.82) is 0 Å². The second-order valence-electron chi connectivity index (χ2n) is 12.1. The molecular weight excluding hydrogens is 544 g/mol. The van der Waals surface area contributed by atoms with Crippen LogP contribution < -0.4 is 0 Å².